The Labute approximate surface area is 118 Å². The van der Waals surface area contributed by atoms with Gasteiger partial charge in [-0.05, 0) is 4.57 Å². The van der Waals surface area contributed by atoms with E-state index in [1.807, 2.05) is 4.98 Å². The van der Waals surface area contributed by atoms with Gasteiger partial charge in [-0.3, -0.25) is 14.3 Å². The highest BCUT2D eigenvalue weighted by Crippen LogP contribution is 2.32. The molecule has 5 unspecified atom stereocenters. The first-order valence-corrected chi connectivity index (χ1v) is 7.85. The molecule has 0 aliphatic carbocycles. The minimum absolute atomic E-state index is 0.258. The van der Waals surface area contributed by atoms with Crippen molar-refractivity contribution in [1.29, 1.82) is 0 Å². The summed E-state index contributed by atoms with van der Waals surface area (Å²) in [6.07, 6.45) is -3.74. The lowest BCUT2D eigenvalue weighted by atomic mass is 10.1. The molecular weight excluding hydrogens is 311 g/mol. The van der Waals surface area contributed by atoms with E-state index in [0.717, 1.165) is 16.8 Å². The summed E-state index contributed by atoms with van der Waals surface area (Å²) in [5, 5.41) is 19.7. The summed E-state index contributed by atoms with van der Waals surface area (Å²) in [4.78, 5) is 24.6. The molecule has 1 aliphatic heterocycles. The van der Waals surface area contributed by atoms with Crippen LogP contribution in [0.5, 0.6) is 0 Å². The number of hydrogen-bond donors (Lipinski definition) is 4. The van der Waals surface area contributed by atoms with Gasteiger partial charge in [-0.15, -0.1) is 4.52 Å². The van der Waals surface area contributed by atoms with E-state index in [2.05, 4.69) is 12.2 Å². The number of H-pyrrole nitrogens is 1. The van der Waals surface area contributed by atoms with Gasteiger partial charge in [-0.2, -0.15) is 0 Å². The lowest BCUT2D eigenvalue weighted by Gasteiger charge is -2.16. The largest absolute Gasteiger partial charge is 0.582 e. The predicted octanol–water partition coefficient (Wildman–Crippen LogP) is -1.24. The van der Waals surface area contributed by atoms with Gasteiger partial charge in [0.15, 0.2) is 6.23 Å². The first kappa shape index (κ1) is 15.4. The van der Waals surface area contributed by atoms with E-state index in [4.69, 9.17) is 9.26 Å². The molecule has 0 saturated carbocycles. The van der Waals surface area contributed by atoms with Crippen molar-refractivity contribution >= 4 is 19.5 Å². The van der Waals surface area contributed by atoms with Crippen LogP contribution in [-0.4, -0.2) is 44.7 Å². The van der Waals surface area contributed by atoms with Gasteiger partial charge >= 0.3 is 12.9 Å². The highest BCUT2D eigenvalue weighted by molar-refractivity contribution is 8.39. The van der Waals surface area contributed by atoms with E-state index in [1.165, 1.54) is 0 Å². The summed E-state index contributed by atoms with van der Waals surface area (Å²) in [5.74, 6) is 0. The Bertz CT molecular complexity index is 617. The van der Waals surface area contributed by atoms with Gasteiger partial charge in [0.2, 0.25) is 0 Å². The van der Waals surface area contributed by atoms with Crippen molar-refractivity contribution in [1.82, 2.24) is 9.55 Å². The number of nitrogens with zero attached hydrogens (tertiary/aromatic N) is 1. The number of aromatic nitrogens is 2. The third-order valence-electron chi connectivity index (χ3n) is 2.81. The Hall–Kier alpha value is -1.03. The zero-order valence-electron chi connectivity index (χ0n) is 9.95. The summed E-state index contributed by atoms with van der Waals surface area (Å²) in [6.45, 7) is -0.258. The van der Waals surface area contributed by atoms with E-state index in [-0.39, 0.29) is 6.61 Å². The van der Waals surface area contributed by atoms with Crippen LogP contribution in [0.2, 0.25) is 0 Å². The van der Waals surface area contributed by atoms with Gasteiger partial charge in [0.1, 0.15) is 37.2 Å². The van der Waals surface area contributed by atoms with Gasteiger partial charge in [0.05, 0.1) is 0 Å². The second kappa shape index (κ2) is 6.17. The lowest BCUT2D eigenvalue weighted by molar-refractivity contribution is -0.0505. The van der Waals surface area contributed by atoms with Crippen LogP contribution in [0, 0.1) is 0 Å². The smallest absolute Gasteiger partial charge is 0.387 e. The Morgan fingerprint density at radius 3 is 2.75 bits per heavy atom. The SMILES string of the molecule is O=c1ccn(C2OC(CO[P+](=O)S)C(O)C2O)c(=O)[nH]1. The standard InChI is InChI=1S/C9H11N2O7PS/c12-5-1-2-11(9(15)10-5)8-7(14)6(13)4(18-8)3-17-19(16)20/h1-2,4,6-8,13-14H,3H2,(H-,10,12,15,16,20)/p+1. The maximum Gasteiger partial charge on any atom is 0.582 e. The van der Waals surface area contributed by atoms with Crippen LogP contribution in [0.1, 0.15) is 6.23 Å². The first-order chi connectivity index (χ1) is 9.40. The highest BCUT2D eigenvalue weighted by Gasteiger charge is 2.45. The van der Waals surface area contributed by atoms with Crippen molar-refractivity contribution in [2.45, 2.75) is 24.5 Å². The number of aliphatic hydroxyl groups excluding tert-OH is 2. The molecule has 11 heteroatoms. The molecule has 1 saturated heterocycles. The van der Waals surface area contributed by atoms with Gasteiger partial charge in [0.25, 0.3) is 5.56 Å². The van der Waals surface area contributed by atoms with Crippen LogP contribution in [-0.2, 0) is 13.8 Å². The maximum atomic E-state index is 11.6. The van der Waals surface area contributed by atoms with Crippen molar-refractivity contribution < 1.29 is 24.0 Å². The zero-order chi connectivity index (χ0) is 14.9. The van der Waals surface area contributed by atoms with Crippen molar-refractivity contribution in [2.75, 3.05) is 6.61 Å². The molecule has 5 atom stereocenters. The van der Waals surface area contributed by atoms with Crippen LogP contribution in [0.4, 0.5) is 0 Å². The number of aromatic amines is 1. The molecule has 2 rings (SSSR count). The average molecular weight is 323 g/mol. The molecule has 1 fully saturated rings. The maximum absolute atomic E-state index is 11.6. The molecule has 0 bridgehead atoms. The fourth-order valence-electron chi connectivity index (χ4n) is 1.86. The third kappa shape index (κ3) is 3.17. The molecule has 0 radical (unpaired) electrons. The zero-order valence-corrected chi connectivity index (χ0v) is 11.7. The number of nitrogens with one attached hydrogen (secondary N) is 1. The topological polar surface area (TPSA) is 131 Å². The molecule has 1 aliphatic rings. The van der Waals surface area contributed by atoms with E-state index < -0.39 is 43.0 Å². The summed E-state index contributed by atoms with van der Waals surface area (Å²) < 4.78 is 21.7. The molecular formula is C9H12N2O7PS+. The summed E-state index contributed by atoms with van der Waals surface area (Å²) in [7, 11) is -2.17. The molecule has 1 aromatic rings. The van der Waals surface area contributed by atoms with E-state index in [1.54, 1.807) is 0 Å². The van der Waals surface area contributed by atoms with Crippen LogP contribution in [0.25, 0.3) is 0 Å². The molecule has 3 N–H and O–H groups in total. The number of hydrogen-bond acceptors (Lipinski definition) is 7. The number of ether oxygens (including phenoxy) is 1. The molecule has 110 valence electrons. The molecule has 0 spiro atoms. The molecule has 2 heterocycles. The quantitative estimate of drug-likeness (QED) is 0.402. The highest BCUT2D eigenvalue weighted by atomic mass is 32.7. The minimum Gasteiger partial charge on any atom is -0.387 e. The number of aliphatic hydroxyl groups is 2. The summed E-state index contributed by atoms with van der Waals surface area (Å²) in [5.41, 5.74) is -1.37. The minimum atomic E-state index is -2.17. The normalized spacial score (nSPS) is 30.4. The average Bonchev–Trinajstić information content (AvgIpc) is 2.64. The fourth-order valence-corrected chi connectivity index (χ4v) is 2.34. The van der Waals surface area contributed by atoms with Crippen molar-refractivity contribution in [3.63, 3.8) is 0 Å². The monoisotopic (exact) mass is 323 g/mol. The number of rotatable bonds is 4. The van der Waals surface area contributed by atoms with Crippen LogP contribution in [0.3, 0.4) is 0 Å². The van der Waals surface area contributed by atoms with Gasteiger partial charge < -0.3 is 14.9 Å². The first-order valence-electron chi connectivity index (χ1n) is 5.52. The Balaban J connectivity index is 2.19. The van der Waals surface area contributed by atoms with Crippen LogP contribution >= 0.6 is 19.5 Å². The second-order valence-electron chi connectivity index (χ2n) is 4.10. The summed E-state index contributed by atoms with van der Waals surface area (Å²) >= 11 is 3.54. The predicted molar refractivity (Wildman–Crippen MR) is 69.8 cm³/mol. The Kier molecular flexibility index (Phi) is 4.74. The molecule has 0 aromatic carbocycles. The van der Waals surface area contributed by atoms with E-state index in [9.17, 15) is 24.4 Å². The fraction of sp³-hybridized carbons (Fsp3) is 0.556. The molecule has 1 aromatic heterocycles. The van der Waals surface area contributed by atoms with Crippen molar-refractivity contribution in [3.8, 4) is 0 Å². The Morgan fingerprint density at radius 2 is 2.15 bits per heavy atom. The van der Waals surface area contributed by atoms with Gasteiger partial charge in [-0.25, -0.2) is 4.79 Å². The van der Waals surface area contributed by atoms with E-state index >= 15 is 0 Å². The molecule has 9 nitrogen and oxygen atoms in total. The summed E-state index contributed by atoms with van der Waals surface area (Å²) in [6, 6.07) is 1.08. The second-order valence-corrected chi connectivity index (χ2v) is 5.81. The Morgan fingerprint density at radius 1 is 1.45 bits per heavy atom. The van der Waals surface area contributed by atoms with Crippen LogP contribution in [0.15, 0.2) is 21.9 Å². The molecule has 20 heavy (non-hydrogen) atoms. The van der Waals surface area contributed by atoms with Crippen molar-refractivity contribution in [3.05, 3.63) is 33.1 Å². The number of thiol groups is 1. The van der Waals surface area contributed by atoms with Gasteiger partial charge in [-0.1, -0.05) is 0 Å². The third-order valence-corrected chi connectivity index (χ3v) is 3.53. The lowest BCUT2D eigenvalue weighted by Crippen LogP contribution is -2.37. The van der Waals surface area contributed by atoms with Gasteiger partial charge in [0, 0.05) is 12.3 Å². The molecule has 0 amide bonds. The van der Waals surface area contributed by atoms with Crippen molar-refractivity contribution in [2.24, 2.45) is 0 Å². The van der Waals surface area contributed by atoms with Crippen LogP contribution < -0.4 is 11.2 Å². The van der Waals surface area contributed by atoms with E-state index in [0.29, 0.717) is 0 Å².